The van der Waals surface area contributed by atoms with E-state index < -0.39 is 0 Å². The molecule has 0 amide bonds. The van der Waals surface area contributed by atoms with E-state index in [0.29, 0.717) is 41.8 Å². The molecule has 0 aromatic heterocycles. The van der Waals surface area contributed by atoms with Gasteiger partial charge in [0.05, 0.1) is 6.10 Å². The maximum Gasteiger partial charge on any atom is 0.160 e. The van der Waals surface area contributed by atoms with Crippen molar-refractivity contribution < 1.29 is 9.90 Å². The van der Waals surface area contributed by atoms with Crippen LogP contribution in [-0.4, -0.2) is 17.0 Å². The quantitative estimate of drug-likeness (QED) is 0.544. The highest BCUT2D eigenvalue weighted by Gasteiger charge is 2.56. The zero-order valence-corrected chi connectivity index (χ0v) is 19.7. The van der Waals surface area contributed by atoms with E-state index in [1.165, 1.54) is 11.1 Å². The van der Waals surface area contributed by atoms with Crippen molar-refractivity contribution in [3.8, 4) is 0 Å². The Bertz CT molecular complexity index is 841. The van der Waals surface area contributed by atoms with Gasteiger partial charge in [-0.3, -0.25) is 4.79 Å². The van der Waals surface area contributed by atoms with Crippen LogP contribution in [0.25, 0.3) is 0 Å². The molecule has 0 aromatic rings. The van der Waals surface area contributed by atoms with Crippen LogP contribution in [0.2, 0.25) is 0 Å². The minimum absolute atomic E-state index is 0.0101. The molecule has 0 spiro atoms. The van der Waals surface area contributed by atoms with Crippen molar-refractivity contribution in [2.45, 2.75) is 79.8 Å². The van der Waals surface area contributed by atoms with Gasteiger partial charge in [0.15, 0.2) is 5.78 Å². The number of aliphatic hydroxyl groups is 1. The highest BCUT2D eigenvalue weighted by Crippen LogP contribution is 2.62. The van der Waals surface area contributed by atoms with Crippen LogP contribution in [0.3, 0.4) is 0 Å². The minimum Gasteiger partial charge on any atom is -0.389 e. The number of carbonyl (C=O) groups excluding carboxylic acids is 1. The summed E-state index contributed by atoms with van der Waals surface area (Å²) >= 11 is 0. The molecule has 0 aliphatic heterocycles. The van der Waals surface area contributed by atoms with Gasteiger partial charge >= 0.3 is 0 Å². The van der Waals surface area contributed by atoms with Crippen LogP contribution in [0, 0.1) is 40.4 Å². The van der Waals surface area contributed by atoms with Gasteiger partial charge < -0.3 is 5.11 Å². The number of carbonyl (C=O) groups is 1. The predicted octanol–water partition coefficient (Wildman–Crippen LogP) is 6.43. The molecular weight excluding hydrogens is 368 g/mol. The number of Topliss-reactive ketones (excluding diaryl/α,β-unsaturated/α-hetero) is 1. The summed E-state index contributed by atoms with van der Waals surface area (Å²) in [6.07, 6.45) is 15.7. The Morgan fingerprint density at radius 1 is 1.03 bits per heavy atom. The van der Waals surface area contributed by atoms with Gasteiger partial charge in [0.1, 0.15) is 0 Å². The molecule has 30 heavy (non-hydrogen) atoms. The molecule has 2 heteroatoms. The molecule has 0 heterocycles. The highest BCUT2D eigenvalue weighted by molar-refractivity contribution is 6.01. The van der Waals surface area contributed by atoms with E-state index in [1.807, 2.05) is 0 Å². The first-order chi connectivity index (χ1) is 14.1. The smallest absolute Gasteiger partial charge is 0.160 e. The van der Waals surface area contributed by atoms with E-state index in [-0.39, 0.29) is 16.9 Å². The number of allylic oxidation sites excluding steroid dienone is 7. The minimum atomic E-state index is -0.320. The van der Waals surface area contributed by atoms with Gasteiger partial charge in [0, 0.05) is 17.4 Å². The van der Waals surface area contributed by atoms with Crippen molar-refractivity contribution in [3.05, 3.63) is 47.1 Å². The summed E-state index contributed by atoms with van der Waals surface area (Å²) in [6, 6.07) is 0. The Balaban J connectivity index is 1.70. The number of rotatable bonds is 4. The third-order valence-electron chi connectivity index (χ3n) is 9.30. The zero-order valence-electron chi connectivity index (χ0n) is 19.7. The van der Waals surface area contributed by atoms with Crippen molar-refractivity contribution >= 4 is 5.78 Å². The summed E-state index contributed by atoms with van der Waals surface area (Å²) in [6.45, 7) is 13.9. The highest BCUT2D eigenvalue weighted by atomic mass is 16.3. The van der Waals surface area contributed by atoms with E-state index >= 15 is 0 Å². The number of fused-ring (bicyclic) bond motifs is 4. The van der Waals surface area contributed by atoms with Gasteiger partial charge in [0.25, 0.3) is 0 Å². The number of hydrogen-bond donors (Lipinski definition) is 1. The lowest BCUT2D eigenvalue weighted by Crippen LogP contribution is -2.42. The first kappa shape index (κ1) is 21.8. The Labute approximate surface area is 183 Å². The molecule has 4 aliphatic rings. The van der Waals surface area contributed by atoms with Crippen LogP contribution in [0.1, 0.15) is 73.6 Å². The average molecular weight is 409 g/mol. The van der Waals surface area contributed by atoms with Crippen LogP contribution >= 0.6 is 0 Å². The molecule has 1 saturated carbocycles. The third-order valence-corrected chi connectivity index (χ3v) is 9.30. The Morgan fingerprint density at radius 2 is 1.73 bits per heavy atom. The fourth-order valence-corrected chi connectivity index (χ4v) is 6.81. The second-order valence-electron chi connectivity index (χ2n) is 11.4. The summed E-state index contributed by atoms with van der Waals surface area (Å²) in [7, 11) is 0. The lowest BCUT2D eigenvalue weighted by atomic mass is 9.53. The maximum atomic E-state index is 13.4. The molecule has 1 fully saturated rings. The van der Waals surface area contributed by atoms with Gasteiger partial charge in [-0.1, -0.05) is 71.9 Å². The van der Waals surface area contributed by atoms with Gasteiger partial charge in [-0.25, -0.2) is 0 Å². The molecule has 0 aromatic carbocycles. The Hall–Kier alpha value is -1.41. The lowest BCUT2D eigenvalue weighted by molar-refractivity contribution is -0.115. The van der Waals surface area contributed by atoms with Crippen molar-refractivity contribution in [1.29, 1.82) is 0 Å². The molecule has 0 bridgehead atoms. The fraction of sp³-hybridized carbons (Fsp3) is 0.679. The topological polar surface area (TPSA) is 37.3 Å². The number of hydrogen-bond acceptors (Lipinski definition) is 2. The average Bonchev–Trinajstić information content (AvgIpc) is 2.97. The van der Waals surface area contributed by atoms with Gasteiger partial charge in [0.2, 0.25) is 0 Å². The monoisotopic (exact) mass is 408 g/mol. The van der Waals surface area contributed by atoms with Crippen molar-refractivity contribution in [3.63, 3.8) is 0 Å². The van der Waals surface area contributed by atoms with E-state index in [9.17, 15) is 9.90 Å². The summed E-state index contributed by atoms with van der Waals surface area (Å²) < 4.78 is 0. The second-order valence-corrected chi connectivity index (χ2v) is 11.4. The molecule has 4 rings (SSSR count). The van der Waals surface area contributed by atoms with Crippen LogP contribution < -0.4 is 0 Å². The molecular formula is C28H40O2. The van der Waals surface area contributed by atoms with E-state index in [1.54, 1.807) is 0 Å². The van der Waals surface area contributed by atoms with Gasteiger partial charge in [-0.05, 0) is 71.8 Å². The molecule has 4 aliphatic carbocycles. The Morgan fingerprint density at radius 3 is 2.43 bits per heavy atom. The van der Waals surface area contributed by atoms with Crippen LogP contribution in [0.5, 0.6) is 0 Å². The summed E-state index contributed by atoms with van der Waals surface area (Å²) in [4.78, 5) is 13.4. The summed E-state index contributed by atoms with van der Waals surface area (Å²) in [5.74, 6) is 2.83. The SMILES string of the molecule is CC(C)[C@@H](C)/C=C/[C@@H](C)[C@H]1CC(=O)C2=C3C=CC4=C[C@@H](O)CC[C@]4(C)[C@H]3CC[C@@]21C. The first-order valence-electron chi connectivity index (χ1n) is 12.1. The summed E-state index contributed by atoms with van der Waals surface area (Å²) in [5.41, 5.74) is 3.79. The second kappa shape index (κ2) is 7.62. The van der Waals surface area contributed by atoms with Crippen molar-refractivity contribution in [1.82, 2.24) is 0 Å². The maximum absolute atomic E-state index is 13.4. The molecule has 2 nitrogen and oxygen atoms in total. The number of ketones is 1. The number of aliphatic hydroxyl groups excluding tert-OH is 1. The van der Waals surface area contributed by atoms with Crippen molar-refractivity contribution in [2.75, 3.05) is 0 Å². The summed E-state index contributed by atoms with van der Waals surface area (Å²) in [5, 5.41) is 10.1. The standard InChI is InChI=1S/C28H40O2/c1-17(2)18(3)7-8-19(4)24-16-25(30)26-22-10-9-20-15-21(29)11-13-27(20,5)23(22)12-14-28(24,26)6/h7-10,15,17-19,21,23-24,29H,11-14,16H2,1-6H3/b8-7+/t18-,19+,21-,23-,24+,27-,28+/m0/s1. The van der Waals surface area contributed by atoms with Crippen LogP contribution in [-0.2, 0) is 4.79 Å². The molecule has 0 saturated heterocycles. The lowest BCUT2D eigenvalue weighted by Gasteiger charge is -2.51. The third kappa shape index (κ3) is 3.30. The predicted molar refractivity (Wildman–Crippen MR) is 124 cm³/mol. The van der Waals surface area contributed by atoms with Gasteiger partial charge in [-0.15, -0.1) is 0 Å². The molecule has 164 valence electrons. The van der Waals surface area contributed by atoms with Crippen LogP contribution in [0.15, 0.2) is 47.1 Å². The normalized spacial score (nSPS) is 40.3. The van der Waals surface area contributed by atoms with Crippen LogP contribution in [0.4, 0.5) is 0 Å². The first-order valence-corrected chi connectivity index (χ1v) is 12.1. The largest absolute Gasteiger partial charge is 0.389 e. The van der Waals surface area contributed by atoms with E-state index in [0.717, 1.165) is 31.3 Å². The molecule has 0 unspecified atom stereocenters. The van der Waals surface area contributed by atoms with E-state index in [2.05, 4.69) is 71.9 Å². The Kier molecular flexibility index (Phi) is 5.54. The van der Waals surface area contributed by atoms with Gasteiger partial charge in [-0.2, -0.15) is 0 Å². The fourth-order valence-electron chi connectivity index (χ4n) is 6.81. The zero-order chi connectivity index (χ0) is 21.8. The van der Waals surface area contributed by atoms with Crippen molar-refractivity contribution in [2.24, 2.45) is 40.4 Å². The van der Waals surface area contributed by atoms with E-state index in [4.69, 9.17) is 0 Å². The molecule has 1 N–H and O–H groups in total. The molecule has 0 radical (unpaired) electrons. The molecule has 7 atom stereocenters.